The molecule has 0 unspecified atom stereocenters. The van der Waals surface area contributed by atoms with Crippen molar-refractivity contribution in [1.82, 2.24) is 9.80 Å². The zero-order valence-electron chi connectivity index (χ0n) is 10.3. The van der Waals surface area contributed by atoms with E-state index in [2.05, 4.69) is 4.90 Å². The van der Waals surface area contributed by atoms with Crippen LogP contribution in [0.5, 0.6) is 0 Å². The monoisotopic (exact) mass is 228 g/mol. The number of hydrogen-bond donors (Lipinski definition) is 1. The number of amides is 1. The molecule has 1 fully saturated rings. The lowest BCUT2D eigenvalue weighted by atomic mass is 10.3. The van der Waals surface area contributed by atoms with Crippen LogP contribution in [0.15, 0.2) is 0 Å². The smallest absolute Gasteiger partial charge is 0.223 e. The zero-order valence-corrected chi connectivity index (χ0v) is 10.3. The Morgan fingerprint density at radius 2 is 2.06 bits per heavy atom. The Balaban J connectivity index is 2.19. The fourth-order valence-electron chi connectivity index (χ4n) is 2.14. The standard InChI is InChI=1S/C12H24N2O2/c1-2-14(9-5-11-15)12(16)6-10-13-7-3-4-8-13/h15H,2-11H2,1H3. The highest BCUT2D eigenvalue weighted by Crippen LogP contribution is 2.08. The van der Waals surface area contributed by atoms with E-state index in [0.717, 1.165) is 26.2 Å². The highest BCUT2D eigenvalue weighted by atomic mass is 16.3. The predicted molar refractivity (Wildman–Crippen MR) is 64.2 cm³/mol. The molecular formula is C12H24N2O2. The van der Waals surface area contributed by atoms with Crippen molar-refractivity contribution in [1.29, 1.82) is 0 Å². The lowest BCUT2D eigenvalue weighted by Crippen LogP contribution is -2.34. The largest absolute Gasteiger partial charge is 0.396 e. The summed E-state index contributed by atoms with van der Waals surface area (Å²) in [6.45, 7) is 6.78. The molecule has 94 valence electrons. The lowest BCUT2D eigenvalue weighted by Gasteiger charge is -2.22. The van der Waals surface area contributed by atoms with Crippen LogP contribution in [0.4, 0.5) is 0 Å². The second-order valence-electron chi connectivity index (χ2n) is 4.35. The first-order chi connectivity index (χ1) is 7.77. The molecule has 0 bridgehead atoms. The third-order valence-electron chi connectivity index (χ3n) is 3.16. The van der Waals surface area contributed by atoms with E-state index < -0.39 is 0 Å². The Morgan fingerprint density at radius 3 is 2.62 bits per heavy atom. The van der Waals surface area contributed by atoms with Crippen LogP contribution in [0.25, 0.3) is 0 Å². The van der Waals surface area contributed by atoms with Crippen LogP contribution in [-0.4, -0.2) is 60.1 Å². The second kappa shape index (κ2) is 7.63. The second-order valence-corrected chi connectivity index (χ2v) is 4.35. The number of likely N-dealkylation sites (tertiary alicyclic amines) is 1. The summed E-state index contributed by atoms with van der Waals surface area (Å²) < 4.78 is 0. The van der Waals surface area contributed by atoms with Gasteiger partial charge < -0.3 is 14.9 Å². The number of carbonyl (C=O) groups excluding carboxylic acids is 1. The SMILES string of the molecule is CCN(CCCO)C(=O)CCN1CCCC1. The summed E-state index contributed by atoms with van der Waals surface area (Å²) in [5.41, 5.74) is 0. The Morgan fingerprint density at radius 1 is 1.38 bits per heavy atom. The van der Waals surface area contributed by atoms with Crippen LogP contribution >= 0.6 is 0 Å². The quantitative estimate of drug-likeness (QED) is 0.697. The van der Waals surface area contributed by atoms with E-state index in [1.165, 1.54) is 12.8 Å². The van der Waals surface area contributed by atoms with E-state index in [1.54, 1.807) is 0 Å². The van der Waals surface area contributed by atoms with Gasteiger partial charge in [0.25, 0.3) is 0 Å². The molecule has 4 heteroatoms. The van der Waals surface area contributed by atoms with Crippen LogP contribution in [0.3, 0.4) is 0 Å². The molecule has 1 aliphatic rings. The van der Waals surface area contributed by atoms with Gasteiger partial charge in [-0.15, -0.1) is 0 Å². The summed E-state index contributed by atoms with van der Waals surface area (Å²) in [6.07, 6.45) is 3.86. The molecule has 0 spiro atoms. The lowest BCUT2D eigenvalue weighted by molar-refractivity contribution is -0.131. The third kappa shape index (κ3) is 4.49. The summed E-state index contributed by atoms with van der Waals surface area (Å²) in [7, 11) is 0. The maximum Gasteiger partial charge on any atom is 0.223 e. The van der Waals surface area contributed by atoms with E-state index in [4.69, 9.17) is 5.11 Å². The van der Waals surface area contributed by atoms with Crippen molar-refractivity contribution in [2.75, 3.05) is 39.3 Å². The third-order valence-corrected chi connectivity index (χ3v) is 3.16. The summed E-state index contributed by atoms with van der Waals surface area (Å²) in [4.78, 5) is 16.1. The van der Waals surface area contributed by atoms with E-state index in [1.807, 2.05) is 11.8 Å². The molecule has 1 N–H and O–H groups in total. The van der Waals surface area contributed by atoms with Crippen molar-refractivity contribution < 1.29 is 9.90 Å². The van der Waals surface area contributed by atoms with E-state index in [9.17, 15) is 4.79 Å². The summed E-state index contributed by atoms with van der Waals surface area (Å²) >= 11 is 0. The fourth-order valence-corrected chi connectivity index (χ4v) is 2.14. The maximum absolute atomic E-state index is 11.9. The molecule has 1 saturated heterocycles. The van der Waals surface area contributed by atoms with Gasteiger partial charge in [-0.05, 0) is 39.3 Å². The minimum Gasteiger partial charge on any atom is -0.396 e. The van der Waals surface area contributed by atoms with Crippen molar-refractivity contribution in [3.63, 3.8) is 0 Å². The first kappa shape index (κ1) is 13.5. The molecule has 1 heterocycles. The number of aliphatic hydroxyl groups is 1. The van der Waals surface area contributed by atoms with Gasteiger partial charge in [0.15, 0.2) is 0 Å². The van der Waals surface area contributed by atoms with Gasteiger partial charge in [-0.1, -0.05) is 0 Å². The molecule has 1 rings (SSSR count). The molecular weight excluding hydrogens is 204 g/mol. The molecule has 16 heavy (non-hydrogen) atoms. The Hall–Kier alpha value is -0.610. The molecule has 1 aliphatic heterocycles. The van der Waals surface area contributed by atoms with Gasteiger partial charge in [-0.25, -0.2) is 0 Å². The van der Waals surface area contributed by atoms with Crippen LogP contribution in [0.2, 0.25) is 0 Å². The van der Waals surface area contributed by atoms with Crippen molar-refractivity contribution in [3.05, 3.63) is 0 Å². The van der Waals surface area contributed by atoms with Crippen LogP contribution in [0.1, 0.15) is 32.6 Å². The van der Waals surface area contributed by atoms with Gasteiger partial charge in [0, 0.05) is 32.7 Å². The Bertz CT molecular complexity index is 203. The summed E-state index contributed by atoms with van der Waals surface area (Å²) in [5, 5.41) is 8.75. The molecule has 1 amide bonds. The molecule has 0 aromatic carbocycles. The topological polar surface area (TPSA) is 43.8 Å². The number of nitrogens with zero attached hydrogens (tertiary/aromatic N) is 2. The number of rotatable bonds is 7. The molecule has 0 atom stereocenters. The van der Waals surface area contributed by atoms with Gasteiger partial charge >= 0.3 is 0 Å². The molecule has 0 aliphatic carbocycles. The van der Waals surface area contributed by atoms with Gasteiger partial charge in [-0.2, -0.15) is 0 Å². The average molecular weight is 228 g/mol. The van der Waals surface area contributed by atoms with E-state index in [-0.39, 0.29) is 12.5 Å². The fraction of sp³-hybridized carbons (Fsp3) is 0.917. The maximum atomic E-state index is 11.9. The van der Waals surface area contributed by atoms with Crippen molar-refractivity contribution in [3.8, 4) is 0 Å². The van der Waals surface area contributed by atoms with Gasteiger partial charge in [0.1, 0.15) is 0 Å². The normalized spacial score (nSPS) is 16.6. The number of hydrogen-bond acceptors (Lipinski definition) is 3. The van der Waals surface area contributed by atoms with Crippen molar-refractivity contribution in [2.24, 2.45) is 0 Å². The Labute approximate surface area is 98.2 Å². The van der Waals surface area contributed by atoms with E-state index in [0.29, 0.717) is 19.4 Å². The number of aliphatic hydroxyl groups excluding tert-OH is 1. The predicted octanol–water partition coefficient (Wildman–Crippen LogP) is 0.703. The minimum atomic E-state index is 0.163. The van der Waals surface area contributed by atoms with Gasteiger partial charge in [0.05, 0.1) is 0 Å². The first-order valence-corrected chi connectivity index (χ1v) is 6.39. The van der Waals surface area contributed by atoms with Crippen LogP contribution in [0, 0.1) is 0 Å². The summed E-state index contributed by atoms with van der Waals surface area (Å²) in [6, 6.07) is 0. The zero-order chi connectivity index (χ0) is 11.8. The summed E-state index contributed by atoms with van der Waals surface area (Å²) in [5.74, 6) is 0.225. The minimum absolute atomic E-state index is 0.163. The highest BCUT2D eigenvalue weighted by molar-refractivity contribution is 5.76. The molecule has 0 saturated carbocycles. The number of carbonyl (C=O) groups is 1. The van der Waals surface area contributed by atoms with Crippen LogP contribution in [-0.2, 0) is 4.79 Å². The first-order valence-electron chi connectivity index (χ1n) is 6.39. The van der Waals surface area contributed by atoms with Crippen LogP contribution < -0.4 is 0 Å². The van der Waals surface area contributed by atoms with Gasteiger partial charge in [-0.3, -0.25) is 4.79 Å². The Kier molecular flexibility index (Phi) is 6.42. The molecule has 0 radical (unpaired) electrons. The van der Waals surface area contributed by atoms with E-state index >= 15 is 0 Å². The van der Waals surface area contributed by atoms with Crippen molar-refractivity contribution in [2.45, 2.75) is 32.6 Å². The molecule has 0 aromatic rings. The average Bonchev–Trinajstić information content (AvgIpc) is 2.80. The molecule has 0 aromatic heterocycles. The molecule has 4 nitrogen and oxygen atoms in total. The van der Waals surface area contributed by atoms with Gasteiger partial charge in [0.2, 0.25) is 5.91 Å². The van der Waals surface area contributed by atoms with Crippen molar-refractivity contribution >= 4 is 5.91 Å². The highest BCUT2D eigenvalue weighted by Gasteiger charge is 2.15.